The van der Waals surface area contributed by atoms with Crippen LogP contribution in [0.4, 0.5) is 10.5 Å². The molecule has 1 N–H and O–H groups in total. The van der Waals surface area contributed by atoms with Crippen LogP contribution in [0.25, 0.3) is 0 Å². The maximum Gasteiger partial charge on any atom is 0.414 e. The second-order valence-corrected chi connectivity index (χ2v) is 6.41. The molecule has 0 aliphatic carbocycles. The maximum absolute atomic E-state index is 12.2. The largest absolute Gasteiger partial charge is 0.486 e. The Labute approximate surface area is 156 Å². The lowest BCUT2D eigenvalue weighted by Gasteiger charge is -2.18. The van der Waals surface area contributed by atoms with Gasteiger partial charge in [-0.2, -0.15) is 0 Å². The molecule has 27 heavy (non-hydrogen) atoms. The van der Waals surface area contributed by atoms with E-state index in [9.17, 15) is 9.59 Å². The number of hydrogen-bond acceptors (Lipinski definition) is 5. The van der Waals surface area contributed by atoms with Crippen LogP contribution in [-0.2, 0) is 16.0 Å². The highest BCUT2D eigenvalue weighted by Crippen LogP contribution is 2.30. The fourth-order valence-corrected chi connectivity index (χ4v) is 3.12. The molecule has 0 aromatic heterocycles. The molecular weight excluding hydrogens is 348 g/mol. The first-order valence-corrected chi connectivity index (χ1v) is 8.87. The molecule has 0 spiro atoms. The van der Waals surface area contributed by atoms with Crippen molar-refractivity contribution < 1.29 is 23.8 Å². The van der Waals surface area contributed by atoms with Gasteiger partial charge in [-0.1, -0.05) is 24.3 Å². The van der Waals surface area contributed by atoms with E-state index in [1.54, 1.807) is 4.90 Å². The Bertz CT molecular complexity index is 840. The molecule has 7 nitrogen and oxygen atoms in total. The summed E-state index contributed by atoms with van der Waals surface area (Å²) < 4.78 is 16.3. The summed E-state index contributed by atoms with van der Waals surface area (Å²) in [6.07, 6.45) is -0.547. The number of nitrogens with zero attached hydrogens (tertiary/aromatic N) is 1. The summed E-state index contributed by atoms with van der Waals surface area (Å²) in [5.74, 6) is 1.22. The molecule has 2 amide bonds. The molecule has 1 saturated heterocycles. The van der Waals surface area contributed by atoms with Gasteiger partial charge < -0.3 is 19.5 Å². The Hall–Kier alpha value is -3.22. The molecule has 0 radical (unpaired) electrons. The lowest BCUT2D eigenvalue weighted by molar-refractivity contribution is -0.120. The van der Waals surface area contributed by atoms with Crippen molar-refractivity contribution in [3.8, 4) is 11.5 Å². The summed E-state index contributed by atoms with van der Waals surface area (Å²) in [6.45, 7) is 1.73. The number of para-hydroxylation sites is 1. The van der Waals surface area contributed by atoms with Crippen LogP contribution in [0.3, 0.4) is 0 Å². The Balaban J connectivity index is 1.29. The van der Waals surface area contributed by atoms with E-state index in [1.807, 2.05) is 48.5 Å². The monoisotopic (exact) mass is 368 g/mol. The molecule has 2 heterocycles. The zero-order valence-electron chi connectivity index (χ0n) is 14.7. The number of rotatable bonds is 5. The van der Waals surface area contributed by atoms with Gasteiger partial charge in [0.15, 0.2) is 11.5 Å². The fourth-order valence-electron chi connectivity index (χ4n) is 3.12. The van der Waals surface area contributed by atoms with Gasteiger partial charge in [-0.05, 0) is 29.8 Å². The van der Waals surface area contributed by atoms with Crippen molar-refractivity contribution in [3.63, 3.8) is 0 Å². The van der Waals surface area contributed by atoms with Gasteiger partial charge >= 0.3 is 6.09 Å². The van der Waals surface area contributed by atoms with E-state index in [4.69, 9.17) is 14.2 Å². The molecule has 140 valence electrons. The van der Waals surface area contributed by atoms with Gasteiger partial charge in [0.1, 0.15) is 19.3 Å². The van der Waals surface area contributed by atoms with Crippen LogP contribution < -0.4 is 19.7 Å². The molecule has 0 saturated carbocycles. The Morgan fingerprint density at radius 2 is 1.85 bits per heavy atom. The third-order valence-corrected chi connectivity index (χ3v) is 4.44. The summed E-state index contributed by atoms with van der Waals surface area (Å²) in [4.78, 5) is 25.8. The summed E-state index contributed by atoms with van der Waals surface area (Å²) in [7, 11) is 0. The predicted octanol–water partition coefficient (Wildman–Crippen LogP) is 2.14. The molecule has 2 aliphatic heterocycles. The van der Waals surface area contributed by atoms with E-state index in [0.717, 1.165) is 11.3 Å². The zero-order chi connectivity index (χ0) is 18.6. The fraction of sp³-hybridized carbons (Fsp3) is 0.300. The molecule has 1 unspecified atom stereocenters. The molecule has 4 rings (SSSR count). The summed E-state index contributed by atoms with van der Waals surface area (Å²) in [5, 5.41) is 2.83. The number of fused-ring (bicyclic) bond motifs is 1. The van der Waals surface area contributed by atoms with Crippen LogP contribution >= 0.6 is 0 Å². The van der Waals surface area contributed by atoms with Crippen molar-refractivity contribution in [2.75, 3.05) is 31.2 Å². The molecule has 2 aromatic rings. The van der Waals surface area contributed by atoms with Gasteiger partial charge in [-0.3, -0.25) is 9.69 Å². The molecular formula is C20H20N2O5. The molecule has 1 atom stereocenters. The molecule has 2 aliphatic rings. The molecule has 1 fully saturated rings. The van der Waals surface area contributed by atoms with Crippen molar-refractivity contribution in [3.05, 3.63) is 54.1 Å². The van der Waals surface area contributed by atoms with Crippen molar-refractivity contribution in [2.45, 2.75) is 12.5 Å². The Kier molecular flexibility index (Phi) is 4.82. The standard InChI is InChI=1S/C20H20N2O5/c23-19(11-14-6-7-17-18(10-14)26-9-8-25-17)21-12-16-13-22(20(24)27-16)15-4-2-1-3-5-15/h1-7,10,16H,8-9,11-13H2,(H,21,23). The average molecular weight is 368 g/mol. The highest BCUT2D eigenvalue weighted by molar-refractivity contribution is 5.89. The minimum Gasteiger partial charge on any atom is -0.486 e. The SMILES string of the molecule is O=C(Cc1ccc2c(c1)OCCO2)NCC1CN(c2ccccc2)C(=O)O1. The van der Waals surface area contributed by atoms with E-state index in [-0.39, 0.29) is 25.0 Å². The number of carbonyl (C=O) groups is 2. The van der Waals surface area contributed by atoms with E-state index in [1.165, 1.54) is 0 Å². The minimum absolute atomic E-state index is 0.138. The van der Waals surface area contributed by atoms with Crippen LogP contribution in [0.1, 0.15) is 5.56 Å². The maximum atomic E-state index is 12.2. The van der Waals surface area contributed by atoms with Crippen molar-refractivity contribution >= 4 is 17.7 Å². The lowest BCUT2D eigenvalue weighted by atomic mass is 10.1. The van der Waals surface area contributed by atoms with E-state index < -0.39 is 6.09 Å². The van der Waals surface area contributed by atoms with Crippen molar-refractivity contribution in [2.24, 2.45) is 0 Å². The van der Waals surface area contributed by atoms with Gasteiger partial charge in [0.05, 0.1) is 19.5 Å². The molecule has 7 heteroatoms. The smallest absolute Gasteiger partial charge is 0.414 e. The number of carbonyl (C=O) groups excluding carboxylic acids is 2. The summed E-state index contributed by atoms with van der Waals surface area (Å²) in [5.41, 5.74) is 1.62. The van der Waals surface area contributed by atoms with Crippen molar-refractivity contribution in [1.29, 1.82) is 0 Å². The number of ether oxygens (including phenoxy) is 3. The average Bonchev–Trinajstić information content (AvgIpc) is 3.08. The van der Waals surface area contributed by atoms with Gasteiger partial charge in [0, 0.05) is 5.69 Å². The van der Waals surface area contributed by atoms with Crippen LogP contribution in [-0.4, -0.2) is 44.4 Å². The number of cyclic esters (lactones) is 1. The second kappa shape index (κ2) is 7.57. The number of amides is 2. The number of benzene rings is 2. The highest BCUT2D eigenvalue weighted by atomic mass is 16.6. The normalized spacial score (nSPS) is 18.1. The summed E-state index contributed by atoms with van der Waals surface area (Å²) >= 11 is 0. The number of hydrogen-bond donors (Lipinski definition) is 1. The van der Waals surface area contributed by atoms with Gasteiger partial charge in [-0.15, -0.1) is 0 Å². The zero-order valence-corrected chi connectivity index (χ0v) is 14.7. The van der Waals surface area contributed by atoms with Crippen LogP contribution in [0.15, 0.2) is 48.5 Å². The number of anilines is 1. The van der Waals surface area contributed by atoms with E-state index in [2.05, 4.69) is 5.32 Å². The first-order valence-electron chi connectivity index (χ1n) is 8.87. The van der Waals surface area contributed by atoms with E-state index >= 15 is 0 Å². The minimum atomic E-state index is -0.396. The first kappa shape index (κ1) is 17.2. The third kappa shape index (κ3) is 3.97. The summed E-state index contributed by atoms with van der Waals surface area (Å²) in [6, 6.07) is 14.8. The third-order valence-electron chi connectivity index (χ3n) is 4.44. The van der Waals surface area contributed by atoms with E-state index in [0.29, 0.717) is 31.3 Å². The van der Waals surface area contributed by atoms with Crippen molar-refractivity contribution in [1.82, 2.24) is 5.32 Å². The van der Waals surface area contributed by atoms with Gasteiger partial charge in [0.25, 0.3) is 0 Å². The van der Waals surface area contributed by atoms with Gasteiger partial charge in [0.2, 0.25) is 5.91 Å². The lowest BCUT2D eigenvalue weighted by Crippen LogP contribution is -2.35. The second-order valence-electron chi connectivity index (χ2n) is 6.41. The predicted molar refractivity (Wildman–Crippen MR) is 98.2 cm³/mol. The highest BCUT2D eigenvalue weighted by Gasteiger charge is 2.32. The van der Waals surface area contributed by atoms with Crippen LogP contribution in [0, 0.1) is 0 Å². The molecule has 2 aromatic carbocycles. The quantitative estimate of drug-likeness (QED) is 0.875. The molecule has 0 bridgehead atoms. The first-order chi connectivity index (χ1) is 13.2. The topological polar surface area (TPSA) is 77.1 Å². The number of nitrogens with one attached hydrogen (secondary N) is 1. The van der Waals surface area contributed by atoms with Gasteiger partial charge in [-0.25, -0.2) is 4.79 Å². The van der Waals surface area contributed by atoms with Crippen LogP contribution in [0.5, 0.6) is 11.5 Å². The Morgan fingerprint density at radius 3 is 2.67 bits per heavy atom. The Morgan fingerprint density at radius 1 is 1.07 bits per heavy atom. The van der Waals surface area contributed by atoms with Crippen LogP contribution in [0.2, 0.25) is 0 Å².